The number of sulfonamides is 1. The number of hydrogen-bond acceptors (Lipinski definition) is 4. The van der Waals surface area contributed by atoms with Crippen LogP contribution in [0, 0.1) is 6.92 Å². The van der Waals surface area contributed by atoms with Crippen LogP contribution < -0.4 is 5.32 Å². The van der Waals surface area contributed by atoms with Crippen molar-refractivity contribution in [3.05, 3.63) is 63.6 Å². The third kappa shape index (κ3) is 7.67. The zero-order valence-corrected chi connectivity index (χ0v) is 23.3. The molecule has 0 heterocycles. The molecule has 0 radical (unpaired) electrons. The molecule has 0 spiro atoms. The second kappa shape index (κ2) is 11.7. The molecule has 7 nitrogen and oxygen atoms in total. The van der Waals surface area contributed by atoms with E-state index in [1.807, 2.05) is 27.7 Å². The second-order valence-electron chi connectivity index (χ2n) is 9.46. The third-order valence-corrected chi connectivity index (χ3v) is 7.89. The predicted molar refractivity (Wildman–Crippen MR) is 140 cm³/mol. The Hall–Kier alpha value is -2.13. The number of nitrogens with zero attached hydrogens (tertiary/aromatic N) is 2. The van der Waals surface area contributed by atoms with E-state index in [9.17, 15) is 18.0 Å². The first-order valence-corrected chi connectivity index (χ1v) is 13.4. The Bertz CT molecular complexity index is 1140. The van der Waals surface area contributed by atoms with Crippen molar-refractivity contribution in [2.24, 2.45) is 0 Å². The molecule has 2 rings (SSSR count). The van der Waals surface area contributed by atoms with E-state index in [1.54, 1.807) is 37.3 Å². The molecular weight excluding hydrogens is 509 g/mol. The van der Waals surface area contributed by atoms with Gasteiger partial charge in [0.25, 0.3) is 0 Å². The van der Waals surface area contributed by atoms with E-state index in [1.165, 1.54) is 24.1 Å². The zero-order chi connectivity index (χ0) is 26.6. The maximum atomic E-state index is 13.5. The lowest BCUT2D eigenvalue weighted by atomic mass is 10.1. The van der Waals surface area contributed by atoms with Crippen LogP contribution >= 0.6 is 23.2 Å². The van der Waals surface area contributed by atoms with Crippen molar-refractivity contribution in [2.75, 3.05) is 13.6 Å². The number of amides is 2. The van der Waals surface area contributed by atoms with Gasteiger partial charge in [0.15, 0.2) is 0 Å². The summed E-state index contributed by atoms with van der Waals surface area (Å²) in [5, 5.41) is 3.60. The van der Waals surface area contributed by atoms with Crippen LogP contribution in [0.15, 0.2) is 47.4 Å². The molecule has 0 aliphatic heterocycles. The zero-order valence-electron chi connectivity index (χ0n) is 20.9. The van der Waals surface area contributed by atoms with E-state index in [0.717, 1.165) is 9.87 Å². The van der Waals surface area contributed by atoms with E-state index in [-0.39, 0.29) is 17.3 Å². The second-order valence-corrected chi connectivity index (χ2v) is 12.3. The minimum atomic E-state index is -3.92. The summed E-state index contributed by atoms with van der Waals surface area (Å²) in [6.07, 6.45) is 0.310. The number of nitrogens with one attached hydrogen (secondary N) is 1. The van der Waals surface area contributed by atoms with Crippen LogP contribution in [0.5, 0.6) is 0 Å². The first kappa shape index (κ1) is 29.1. The number of carbonyl (C=O) groups is 2. The number of hydrogen-bond donors (Lipinski definition) is 1. The summed E-state index contributed by atoms with van der Waals surface area (Å²) >= 11 is 12.7. The number of carbonyl (C=O) groups excluding carboxylic acids is 2. The predicted octanol–water partition coefficient (Wildman–Crippen LogP) is 4.64. The van der Waals surface area contributed by atoms with Crippen LogP contribution in [0.3, 0.4) is 0 Å². The van der Waals surface area contributed by atoms with E-state index >= 15 is 0 Å². The third-order valence-electron chi connectivity index (χ3n) is 5.36. The Morgan fingerprint density at radius 3 is 2.06 bits per heavy atom. The molecule has 10 heteroatoms. The lowest BCUT2D eigenvalue weighted by Crippen LogP contribution is -2.55. The smallest absolute Gasteiger partial charge is 0.243 e. The molecule has 1 N–H and O–H groups in total. The molecule has 0 aliphatic rings. The van der Waals surface area contributed by atoms with Crippen LogP contribution in [0.2, 0.25) is 10.0 Å². The number of halogens is 2. The van der Waals surface area contributed by atoms with Crippen molar-refractivity contribution in [1.29, 1.82) is 0 Å². The summed E-state index contributed by atoms with van der Waals surface area (Å²) in [5.74, 6) is -0.893. The molecule has 35 heavy (non-hydrogen) atoms. The normalized spacial score (nSPS) is 12.9. The van der Waals surface area contributed by atoms with Crippen molar-refractivity contribution >= 4 is 45.0 Å². The summed E-state index contributed by atoms with van der Waals surface area (Å²) in [4.78, 5) is 28.1. The molecule has 0 saturated carbocycles. The van der Waals surface area contributed by atoms with Crippen molar-refractivity contribution in [2.45, 2.75) is 64.1 Å². The maximum Gasteiger partial charge on any atom is 0.243 e. The Morgan fingerprint density at radius 1 is 1.03 bits per heavy atom. The molecule has 1 atom stereocenters. The van der Waals surface area contributed by atoms with Gasteiger partial charge in [0, 0.05) is 34.7 Å². The van der Waals surface area contributed by atoms with Crippen molar-refractivity contribution < 1.29 is 18.0 Å². The Morgan fingerprint density at radius 2 is 1.57 bits per heavy atom. The minimum Gasteiger partial charge on any atom is -0.350 e. The monoisotopic (exact) mass is 541 g/mol. The van der Waals surface area contributed by atoms with Gasteiger partial charge in [-0.3, -0.25) is 9.59 Å². The number of likely N-dealkylation sites (N-methyl/N-ethyl adjacent to an activating group) is 1. The Labute approximate surface area is 218 Å². The quantitative estimate of drug-likeness (QED) is 0.500. The van der Waals surface area contributed by atoms with E-state index in [2.05, 4.69) is 5.32 Å². The molecule has 0 aliphatic carbocycles. The van der Waals surface area contributed by atoms with Crippen LogP contribution in [0.1, 0.15) is 45.2 Å². The SMILES string of the molecule is CCC(C(=O)NC(C)(C)C)N(Cc1c(Cl)cccc1Cl)C(=O)CN(C)S(=O)(=O)c1ccc(C)cc1. The highest BCUT2D eigenvalue weighted by molar-refractivity contribution is 7.89. The van der Waals surface area contributed by atoms with Crippen LogP contribution in [0.25, 0.3) is 0 Å². The fourth-order valence-corrected chi connectivity index (χ4v) is 5.12. The van der Waals surface area contributed by atoms with Gasteiger partial charge in [-0.25, -0.2) is 8.42 Å². The van der Waals surface area contributed by atoms with Gasteiger partial charge in [-0.1, -0.05) is 53.9 Å². The van der Waals surface area contributed by atoms with Crippen molar-refractivity contribution in [3.8, 4) is 0 Å². The number of rotatable bonds is 9. The van der Waals surface area contributed by atoms with Gasteiger partial charge in [-0.15, -0.1) is 0 Å². The van der Waals surface area contributed by atoms with Crippen LogP contribution in [0.4, 0.5) is 0 Å². The first-order chi connectivity index (χ1) is 16.2. The molecule has 0 aromatic heterocycles. The highest BCUT2D eigenvalue weighted by Crippen LogP contribution is 2.27. The largest absolute Gasteiger partial charge is 0.350 e. The van der Waals surface area contributed by atoms with E-state index in [4.69, 9.17) is 23.2 Å². The summed E-state index contributed by atoms with van der Waals surface area (Å²) < 4.78 is 27.1. The summed E-state index contributed by atoms with van der Waals surface area (Å²) in [5.41, 5.74) is 0.878. The Balaban J connectivity index is 2.41. The van der Waals surface area contributed by atoms with E-state index in [0.29, 0.717) is 22.0 Å². The molecule has 0 bridgehead atoms. The van der Waals surface area contributed by atoms with Gasteiger partial charge in [-0.2, -0.15) is 4.31 Å². The average Bonchev–Trinajstić information content (AvgIpc) is 2.74. The molecule has 0 fully saturated rings. The van der Waals surface area contributed by atoms with Crippen LogP contribution in [-0.2, 0) is 26.2 Å². The minimum absolute atomic E-state index is 0.0498. The molecule has 0 saturated heterocycles. The summed E-state index contributed by atoms with van der Waals surface area (Å²) in [7, 11) is -2.58. The Kier molecular flexibility index (Phi) is 9.76. The van der Waals surface area contributed by atoms with Gasteiger partial charge in [0.05, 0.1) is 11.4 Å². The highest BCUT2D eigenvalue weighted by atomic mass is 35.5. The highest BCUT2D eigenvalue weighted by Gasteiger charge is 2.33. The van der Waals surface area contributed by atoms with Gasteiger partial charge >= 0.3 is 0 Å². The number of aryl methyl sites for hydroxylation is 1. The molecule has 1 unspecified atom stereocenters. The van der Waals surface area contributed by atoms with Crippen molar-refractivity contribution in [3.63, 3.8) is 0 Å². The standard InChI is InChI=1S/C25H33Cl2N3O4S/c1-7-22(24(32)28-25(3,4)5)30(15-19-20(26)9-8-10-21(19)27)23(31)16-29(6)35(33,34)18-13-11-17(2)12-14-18/h8-14,22H,7,15-16H2,1-6H3,(H,28,32). The lowest BCUT2D eigenvalue weighted by Gasteiger charge is -2.34. The maximum absolute atomic E-state index is 13.5. The van der Waals surface area contributed by atoms with Crippen LogP contribution in [-0.4, -0.2) is 54.6 Å². The fraction of sp³-hybridized carbons (Fsp3) is 0.440. The average molecular weight is 543 g/mol. The topological polar surface area (TPSA) is 86.8 Å². The summed E-state index contributed by atoms with van der Waals surface area (Å²) in [6.45, 7) is 8.66. The lowest BCUT2D eigenvalue weighted by molar-refractivity contribution is -0.142. The van der Waals surface area contributed by atoms with Gasteiger partial charge in [0.2, 0.25) is 21.8 Å². The van der Waals surface area contributed by atoms with Crippen molar-refractivity contribution in [1.82, 2.24) is 14.5 Å². The van der Waals surface area contributed by atoms with Gasteiger partial charge in [-0.05, 0) is 58.4 Å². The molecule has 2 amide bonds. The molecular formula is C25H33Cl2N3O4S. The number of benzene rings is 2. The molecule has 2 aromatic carbocycles. The fourth-order valence-electron chi connectivity index (χ4n) is 3.48. The first-order valence-electron chi connectivity index (χ1n) is 11.2. The van der Waals surface area contributed by atoms with E-state index < -0.39 is 34.1 Å². The van der Waals surface area contributed by atoms with Gasteiger partial charge in [0.1, 0.15) is 6.04 Å². The summed E-state index contributed by atoms with van der Waals surface area (Å²) in [6, 6.07) is 10.5. The molecule has 2 aromatic rings. The van der Waals surface area contributed by atoms with Gasteiger partial charge < -0.3 is 10.2 Å². The molecule has 192 valence electrons.